The first-order valence-electron chi connectivity index (χ1n) is 11.6. The molecule has 6 rings (SSSR count). The fraction of sp³-hybridized carbons (Fsp3) is 0.440. The Morgan fingerprint density at radius 2 is 1.91 bits per heavy atom. The van der Waals surface area contributed by atoms with Crippen molar-refractivity contribution in [2.75, 3.05) is 13.1 Å². The molecule has 164 valence electrons. The molecule has 1 amide bonds. The summed E-state index contributed by atoms with van der Waals surface area (Å²) in [4.78, 5) is 29.2. The maximum atomic E-state index is 13.1. The third-order valence-electron chi connectivity index (χ3n) is 7.05. The maximum Gasteiger partial charge on any atom is 0.255 e. The number of aryl methyl sites for hydroxylation is 1. The predicted octanol–water partition coefficient (Wildman–Crippen LogP) is 4.27. The molecule has 1 aliphatic carbocycles. The Labute approximate surface area is 187 Å². The van der Waals surface area contributed by atoms with Crippen LogP contribution < -0.4 is 0 Å². The summed E-state index contributed by atoms with van der Waals surface area (Å²) in [6.07, 6.45) is 8.23. The summed E-state index contributed by atoms with van der Waals surface area (Å²) < 4.78 is 4.33. The van der Waals surface area contributed by atoms with Crippen LogP contribution in [0.5, 0.6) is 0 Å². The van der Waals surface area contributed by atoms with Gasteiger partial charge in [-0.2, -0.15) is 0 Å². The van der Waals surface area contributed by atoms with E-state index >= 15 is 0 Å². The molecule has 2 aliphatic rings. The number of pyridine rings is 2. The minimum atomic E-state index is 0.0607. The van der Waals surface area contributed by atoms with Crippen LogP contribution in [0.3, 0.4) is 0 Å². The first-order chi connectivity index (χ1) is 15.6. The van der Waals surface area contributed by atoms with E-state index in [2.05, 4.69) is 33.6 Å². The molecule has 0 bridgehead atoms. The van der Waals surface area contributed by atoms with Crippen molar-refractivity contribution in [3.63, 3.8) is 0 Å². The molecule has 0 spiro atoms. The summed E-state index contributed by atoms with van der Waals surface area (Å²) in [6.45, 7) is 4.85. The fourth-order valence-corrected chi connectivity index (χ4v) is 4.83. The number of carbonyl (C=O) groups excluding carboxylic acids is 1. The number of piperidine rings is 1. The predicted molar refractivity (Wildman–Crippen MR) is 124 cm³/mol. The van der Waals surface area contributed by atoms with Crippen LogP contribution in [0.4, 0.5) is 0 Å². The lowest BCUT2D eigenvalue weighted by atomic mass is 9.99. The average Bonchev–Trinajstić information content (AvgIpc) is 3.48. The third kappa shape index (κ3) is 3.27. The van der Waals surface area contributed by atoms with Gasteiger partial charge in [0.15, 0.2) is 11.5 Å². The van der Waals surface area contributed by atoms with Gasteiger partial charge in [0, 0.05) is 44.5 Å². The number of fused-ring (bicyclic) bond motifs is 2. The van der Waals surface area contributed by atoms with E-state index in [4.69, 9.17) is 4.98 Å². The van der Waals surface area contributed by atoms with Crippen molar-refractivity contribution >= 4 is 28.1 Å². The number of likely N-dealkylation sites (tertiary alicyclic amines) is 1. The van der Waals surface area contributed by atoms with Gasteiger partial charge in [0.05, 0.1) is 11.3 Å². The van der Waals surface area contributed by atoms with Crippen LogP contribution in [-0.4, -0.2) is 48.0 Å². The summed E-state index contributed by atoms with van der Waals surface area (Å²) in [5.41, 5.74) is 4.24. The number of aromatic nitrogens is 5. The van der Waals surface area contributed by atoms with Crippen LogP contribution in [0, 0.1) is 11.8 Å². The molecular weight excluding hydrogens is 400 g/mol. The Bertz CT molecular complexity index is 1320. The van der Waals surface area contributed by atoms with Crippen molar-refractivity contribution in [3.05, 3.63) is 42.2 Å². The summed E-state index contributed by atoms with van der Waals surface area (Å²) in [5.74, 6) is 2.33. The Morgan fingerprint density at radius 1 is 1.09 bits per heavy atom. The van der Waals surface area contributed by atoms with Crippen LogP contribution in [0.15, 0.2) is 36.7 Å². The first kappa shape index (κ1) is 19.5. The van der Waals surface area contributed by atoms with Gasteiger partial charge in [-0.1, -0.05) is 6.92 Å². The van der Waals surface area contributed by atoms with Gasteiger partial charge in [-0.25, -0.2) is 15.0 Å². The normalized spacial score (nSPS) is 17.5. The molecule has 7 nitrogen and oxygen atoms in total. The minimum absolute atomic E-state index is 0.0607. The zero-order valence-electron chi connectivity index (χ0n) is 18.7. The second-order valence-electron chi connectivity index (χ2n) is 9.54. The number of rotatable bonds is 4. The van der Waals surface area contributed by atoms with E-state index < -0.39 is 0 Å². The molecular formula is C25H28N6O. The molecule has 1 aliphatic heterocycles. The molecule has 32 heavy (non-hydrogen) atoms. The summed E-state index contributed by atoms with van der Waals surface area (Å²) in [5, 5.41) is 1.12. The van der Waals surface area contributed by atoms with Crippen molar-refractivity contribution < 1.29 is 4.79 Å². The van der Waals surface area contributed by atoms with Gasteiger partial charge in [-0.05, 0) is 61.8 Å². The van der Waals surface area contributed by atoms with Crippen LogP contribution in [-0.2, 0) is 13.6 Å². The van der Waals surface area contributed by atoms with Crippen molar-refractivity contribution in [2.45, 2.75) is 39.2 Å². The highest BCUT2D eigenvalue weighted by atomic mass is 16.2. The van der Waals surface area contributed by atoms with Gasteiger partial charge in [-0.3, -0.25) is 4.79 Å². The minimum Gasteiger partial charge on any atom is -0.339 e. The number of amides is 1. The van der Waals surface area contributed by atoms with Crippen molar-refractivity contribution in [1.29, 1.82) is 0 Å². The largest absolute Gasteiger partial charge is 0.339 e. The van der Waals surface area contributed by atoms with Crippen LogP contribution >= 0.6 is 0 Å². The van der Waals surface area contributed by atoms with E-state index in [1.54, 1.807) is 6.20 Å². The molecule has 4 aromatic rings. The molecule has 1 saturated heterocycles. The molecule has 0 radical (unpaired) electrons. The SMILES string of the molecule is CC1CCN(C(=O)c2cnc3c(c2)nc(-c2cc4cccnc4n2CC2CC2)n3C)CC1. The maximum absolute atomic E-state index is 13.1. The zero-order valence-corrected chi connectivity index (χ0v) is 18.7. The van der Waals surface area contributed by atoms with E-state index in [0.717, 1.165) is 72.1 Å². The number of nitrogens with zero attached hydrogens (tertiary/aromatic N) is 6. The summed E-state index contributed by atoms with van der Waals surface area (Å²) in [6, 6.07) is 8.15. The number of imidazole rings is 1. The number of hydrogen-bond acceptors (Lipinski definition) is 4. The van der Waals surface area contributed by atoms with Crippen LogP contribution in [0.25, 0.3) is 33.7 Å². The van der Waals surface area contributed by atoms with E-state index in [-0.39, 0.29) is 5.91 Å². The van der Waals surface area contributed by atoms with Crippen molar-refractivity contribution in [3.8, 4) is 11.5 Å². The highest BCUT2D eigenvalue weighted by Crippen LogP contribution is 2.35. The first-order valence-corrected chi connectivity index (χ1v) is 11.6. The molecule has 4 aromatic heterocycles. The summed E-state index contributed by atoms with van der Waals surface area (Å²) in [7, 11) is 2.00. The highest BCUT2D eigenvalue weighted by Gasteiger charge is 2.27. The molecule has 0 unspecified atom stereocenters. The fourth-order valence-electron chi connectivity index (χ4n) is 4.83. The topological polar surface area (TPSA) is 68.8 Å². The molecule has 5 heterocycles. The molecule has 0 N–H and O–H groups in total. The van der Waals surface area contributed by atoms with Gasteiger partial charge in [0.2, 0.25) is 0 Å². The van der Waals surface area contributed by atoms with E-state index in [1.165, 1.54) is 12.8 Å². The van der Waals surface area contributed by atoms with E-state index in [0.29, 0.717) is 11.5 Å². The smallest absolute Gasteiger partial charge is 0.255 e. The molecule has 1 saturated carbocycles. The molecule has 0 atom stereocenters. The van der Waals surface area contributed by atoms with Gasteiger partial charge in [0.25, 0.3) is 5.91 Å². The van der Waals surface area contributed by atoms with Gasteiger partial charge >= 0.3 is 0 Å². The van der Waals surface area contributed by atoms with Crippen molar-refractivity contribution in [1.82, 2.24) is 29.0 Å². The third-order valence-corrected chi connectivity index (χ3v) is 7.05. The standard InChI is InChI=1S/C25H28N6O/c1-16-7-10-30(11-8-16)25(32)19-12-20-23(27-14-19)29(2)24(28-20)21-13-18-4-3-9-26-22(18)31(21)15-17-5-6-17/h3-4,9,12-14,16-17H,5-8,10-11,15H2,1-2H3. The van der Waals surface area contributed by atoms with Gasteiger partial charge < -0.3 is 14.0 Å². The Balaban J connectivity index is 1.40. The molecule has 2 fully saturated rings. The van der Waals surface area contributed by atoms with Crippen LogP contribution in [0.1, 0.15) is 43.0 Å². The lowest BCUT2D eigenvalue weighted by Crippen LogP contribution is -2.37. The lowest BCUT2D eigenvalue weighted by Gasteiger charge is -2.30. The molecule has 0 aromatic carbocycles. The molecule has 7 heteroatoms. The van der Waals surface area contributed by atoms with E-state index in [1.807, 2.05) is 34.8 Å². The quantitative estimate of drug-likeness (QED) is 0.487. The van der Waals surface area contributed by atoms with Crippen LogP contribution in [0.2, 0.25) is 0 Å². The van der Waals surface area contributed by atoms with E-state index in [9.17, 15) is 4.79 Å². The Hall–Kier alpha value is -3.22. The van der Waals surface area contributed by atoms with Crippen molar-refractivity contribution in [2.24, 2.45) is 18.9 Å². The average molecular weight is 429 g/mol. The number of carbonyl (C=O) groups is 1. The van der Waals surface area contributed by atoms with Gasteiger partial charge in [0.1, 0.15) is 11.2 Å². The second kappa shape index (κ2) is 7.43. The Kier molecular flexibility index (Phi) is 4.52. The Morgan fingerprint density at radius 3 is 2.69 bits per heavy atom. The highest BCUT2D eigenvalue weighted by molar-refractivity contribution is 5.97. The summed E-state index contributed by atoms with van der Waals surface area (Å²) >= 11 is 0. The monoisotopic (exact) mass is 428 g/mol. The second-order valence-corrected chi connectivity index (χ2v) is 9.54. The van der Waals surface area contributed by atoms with Gasteiger partial charge in [-0.15, -0.1) is 0 Å². The number of hydrogen-bond donors (Lipinski definition) is 0. The lowest BCUT2D eigenvalue weighted by molar-refractivity contribution is 0.0697. The zero-order chi connectivity index (χ0) is 21.8.